The summed E-state index contributed by atoms with van der Waals surface area (Å²) in [4.78, 5) is 12.5. The van der Waals surface area contributed by atoms with Crippen LogP contribution in [-0.4, -0.2) is 52.7 Å². The second-order valence-corrected chi connectivity index (χ2v) is 6.57. The van der Waals surface area contributed by atoms with Crippen LogP contribution in [0.3, 0.4) is 0 Å². The molecule has 1 aromatic carbocycles. The Balaban J connectivity index is 1.67. The summed E-state index contributed by atoms with van der Waals surface area (Å²) >= 11 is 0. The Labute approximate surface area is 182 Å². The fourth-order valence-corrected chi connectivity index (χ4v) is 2.75. The number of halogens is 3. The largest absolute Gasteiger partial charge is 0.573 e. The zero-order valence-electron chi connectivity index (χ0n) is 17.0. The second-order valence-electron chi connectivity index (χ2n) is 6.57. The zero-order valence-corrected chi connectivity index (χ0v) is 17.0. The van der Waals surface area contributed by atoms with Crippen molar-refractivity contribution in [3.8, 4) is 22.8 Å². The van der Waals surface area contributed by atoms with Crippen molar-refractivity contribution in [1.29, 1.82) is 0 Å². The van der Waals surface area contributed by atoms with E-state index < -0.39 is 6.36 Å². The van der Waals surface area contributed by atoms with Crippen molar-refractivity contribution in [2.45, 2.75) is 12.9 Å². The van der Waals surface area contributed by atoms with Crippen molar-refractivity contribution in [3.63, 3.8) is 0 Å². The molecule has 0 radical (unpaired) electrons. The second kappa shape index (κ2) is 11.3. The van der Waals surface area contributed by atoms with Crippen LogP contribution in [0.15, 0.2) is 55.2 Å². The Hall–Kier alpha value is -3.44. The van der Waals surface area contributed by atoms with Gasteiger partial charge >= 0.3 is 6.36 Å². The average molecular weight is 449 g/mol. The molecule has 3 aromatic rings. The van der Waals surface area contributed by atoms with Gasteiger partial charge in [0.1, 0.15) is 18.7 Å². The summed E-state index contributed by atoms with van der Waals surface area (Å²) in [5, 5.41) is 15.0. The molecule has 0 aliphatic rings. The number of aromatic nitrogens is 3. The maximum absolute atomic E-state index is 12.3. The van der Waals surface area contributed by atoms with Crippen LogP contribution in [0.4, 0.5) is 18.9 Å². The highest BCUT2D eigenvalue weighted by Gasteiger charge is 2.30. The van der Waals surface area contributed by atoms with Crippen LogP contribution in [0.2, 0.25) is 0 Å². The molecule has 0 bridgehead atoms. The summed E-state index contributed by atoms with van der Waals surface area (Å²) in [5.41, 5.74) is 2.89. The number of rotatable bonds is 11. The number of aliphatic hydroxyl groups is 1. The van der Waals surface area contributed by atoms with Gasteiger partial charge in [0.2, 0.25) is 5.88 Å². The highest BCUT2D eigenvalue weighted by atomic mass is 19.4. The van der Waals surface area contributed by atoms with Crippen molar-refractivity contribution >= 4 is 5.69 Å². The Kier molecular flexibility index (Phi) is 8.17. The number of hydrogen-bond donors (Lipinski definition) is 3. The molecule has 0 atom stereocenters. The van der Waals surface area contributed by atoms with E-state index in [1.165, 1.54) is 30.6 Å². The minimum Gasteiger partial charge on any atom is -0.476 e. The van der Waals surface area contributed by atoms with Crippen molar-refractivity contribution in [3.05, 3.63) is 60.8 Å². The first kappa shape index (κ1) is 23.2. The standard InChI is InChI=1S/C21H22F3N5O3/c22-21(23,24)32-18-3-1-17(2-4-18)28-10-15-9-19(16-12-26-14-27-13-16)20(29-11-15)31-8-6-25-5-7-30/h1-4,9,11-14,25,28,30H,5-8,10H2. The zero-order chi connectivity index (χ0) is 22.8. The van der Waals surface area contributed by atoms with Gasteiger partial charge < -0.3 is 25.2 Å². The minimum absolute atomic E-state index is 0.0463. The van der Waals surface area contributed by atoms with Gasteiger partial charge in [0.25, 0.3) is 0 Å². The van der Waals surface area contributed by atoms with Crippen molar-refractivity contribution < 1.29 is 27.8 Å². The average Bonchev–Trinajstić information content (AvgIpc) is 2.78. The molecule has 0 aliphatic heterocycles. The molecule has 170 valence electrons. The van der Waals surface area contributed by atoms with Gasteiger partial charge in [-0.2, -0.15) is 0 Å². The monoisotopic (exact) mass is 449 g/mol. The molecule has 2 aromatic heterocycles. The molecule has 32 heavy (non-hydrogen) atoms. The van der Waals surface area contributed by atoms with Crippen LogP contribution in [0.1, 0.15) is 5.56 Å². The molecule has 0 saturated heterocycles. The topological polar surface area (TPSA) is 101 Å². The molecular weight excluding hydrogens is 427 g/mol. The van der Waals surface area contributed by atoms with Gasteiger partial charge in [-0.15, -0.1) is 13.2 Å². The number of benzene rings is 1. The number of alkyl halides is 3. The van der Waals surface area contributed by atoms with E-state index in [-0.39, 0.29) is 12.4 Å². The van der Waals surface area contributed by atoms with Crippen molar-refractivity contribution in [2.24, 2.45) is 0 Å². The Morgan fingerprint density at radius 3 is 2.44 bits per heavy atom. The van der Waals surface area contributed by atoms with Gasteiger partial charge in [-0.25, -0.2) is 15.0 Å². The Morgan fingerprint density at radius 1 is 1.00 bits per heavy atom. The molecule has 0 amide bonds. The van der Waals surface area contributed by atoms with Crippen LogP contribution in [0, 0.1) is 0 Å². The number of pyridine rings is 1. The lowest BCUT2D eigenvalue weighted by Crippen LogP contribution is -2.24. The number of nitrogens with one attached hydrogen (secondary N) is 2. The summed E-state index contributed by atoms with van der Waals surface area (Å²) in [6, 6.07) is 7.36. The lowest BCUT2D eigenvalue weighted by Gasteiger charge is -2.13. The van der Waals surface area contributed by atoms with E-state index >= 15 is 0 Å². The van der Waals surface area contributed by atoms with Crippen LogP contribution in [0.5, 0.6) is 11.6 Å². The molecule has 3 N–H and O–H groups in total. The van der Waals surface area contributed by atoms with Crippen LogP contribution in [0.25, 0.3) is 11.1 Å². The molecule has 11 heteroatoms. The van der Waals surface area contributed by atoms with E-state index in [4.69, 9.17) is 9.84 Å². The van der Waals surface area contributed by atoms with Gasteiger partial charge in [0, 0.05) is 55.0 Å². The van der Waals surface area contributed by atoms with Crippen LogP contribution >= 0.6 is 0 Å². The summed E-state index contributed by atoms with van der Waals surface area (Å²) < 4.78 is 46.5. The normalized spacial score (nSPS) is 11.2. The molecule has 0 aliphatic carbocycles. The van der Waals surface area contributed by atoms with Gasteiger partial charge in [0.05, 0.1) is 6.61 Å². The fraction of sp³-hybridized carbons (Fsp3) is 0.286. The third-order valence-corrected chi connectivity index (χ3v) is 4.17. The maximum Gasteiger partial charge on any atom is 0.573 e. The van der Waals surface area contributed by atoms with E-state index in [1.807, 2.05) is 6.07 Å². The Bertz CT molecular complexity index is 973. The molecule has 0 spiro atoms. The summed E-state index contributed by atoms with van der Waals surface area (Å²) in [7, 11) is 0. The minimum atomic E-state index is -4.73. The first-order valence-electron chi connectivity index (χ1n) is 9.73. The number of anilines is 1. The maximum atomic E-state index is 12.3. The summed E-state index contributed by atoms with van der Waals surface area (Å²) in [6.45, 7) is 1.81. The number of aliphatic hydroxyl groups excluding tert-OH is 1. The predicted molar refractivity (Wildman–Crippen MR) is 111 cm³/mol. The van der Waals surface area contributed by atoms with E-state index in [9.17, 15) is 13.2 Å². The quantitative estimate of drug-likeness (QED) is 0.384. The van der Waals surface area contributed by atoms with Crippen LogP contribution in [-0.2, 0) is 6.54 Å². The molecule has 0 saturated carbocycles. The third kappa shape index (κ3) is 7.36. The van der Waals surface area contributed by atoms with Gasteiger partial charge in [-0.3, -0.25) is 0 Å². The first-order valence-corrected chi connectivity index (χ1v) is 9.73. The Morgan fingerprint density at radius 2 is 1.75 bits per heavy atom. The lowest BCUT2D eigenvalue weighted by molar-refractivity contribution is -0.274. The van der Waals surface area contributed by atoms with E-state index in [2.05, 4.69) is 30.3 Å². The van der Waals surface area contributed by atoms with Gasteiger partial charge in [-0.1, -0.05) is 0 Å². The van der Waals surface area contributed by atoms with E-state index in [0.717, 1.165) is 11.1 Å². The predicted octanol–water partition coefficient (Wildman–Crippen LogP) is 3.01. The smallest absolute Gasteiger partial charge is 0.476 e. The van der Waals surface area contributed by atoms with Crippen molar-refractivity contribution in [1.82, 2.24) is 20.3 Å². The number of nitrogens with zero attached hydrogens (tertiary/aromatic N) is 3. The first-order chi connectivity index (χ1) is 15.4. The van der Waals surface area contributed by atoms with E-state index in [0.29, 0.717) is 43.4 Å². The molecule has 3 rings (SSSR count). The molecule has 0 fully saturated rings. The summed E-state index contributed by atoms with van der Waals surface area (Å²) in [5.74, 6) is 0.133. The molecule has 2 heterocycles. The van der Waals surface area contributed by atoms with Gasteiger partial charge in [0.15, 0.2) is 0 Å². The highest BCUT2D eigenvalue weighted by Crippen LogP contribution is 2.29. The fourth-order valence-electron chi connectivity index (χ4n) is 2.75. The van der Waals surface area contributed by atoms with Gasteiger partial charge in [-0.05, 0) is 35.9 Å². The van der Waals surface area contributed by atoms with E-state index in [1.54, 1.807) is 18.6 Å². The van der Waals surface area contributed by atoms with Crippen molar-refractivity contribution in [2.75, 3.05) is 31.6 Å². The lowest BCUT2D eigenvalue weighted by atomic mass is 10.1. The molecule has 0 unspecified atom stereocenters. The number of hydrogen-bond acceptors (Lipinski definition) is 8. The third-order valence-electron chi connectivity index (χ3n) is 4.17. The summed E-state index contributed by atoms with van der Waals surface area (Å²) in [6.07, 6.45) is 1.65. The molecule has 8 nitrogen and oxygen atoms in total. The van der Waals surface area contributed by atoms with Crippen LogP contribution < -0.4 is 20.1 Å². The highest BCUT2D eigenvalue weighted by molar-refractivity contribution is 5.67. The molecular formula is C21H22F3N5O3. The SMILES string of the molecule is OCCNCCOc1ncc(CNc2ccc(OC(F)(F)F)cc2)cc1-c1cncnc1. The number of ether oxygens (including phenoxy) is 2.